The van der Waals surface area contributed by atoms with Crippen LogP contribution in [0.2, 0.25) is 0 Å². The van der Waals surface area contributed by atoms with Gasteiger partial charge in [0.25, 0.3) is 5.56 Å². The Balaban J connectivity index is 1.53. The number of amides is 1. The molecule has 2 fully saturated rings. The number of nitrogens with zero attached hydrogens (tertiary/aromatic N) is 3. The van der Waals surface area contributed by atoms with Crippen LogP contribution in [-0.4, -0.2) is 72.7 Å². The summed E-state index contributed by atoms with van der Waals surface area (Å²) < 4.78 is 12.6. The van der Waals surface area contributed by atoms with Crippen molar-refractivity contribution in [2.24, 2.45) is 5.92 Å². The van der Waals surface area contributed by atoms with Crippen LogP contribution in [0.15, 0.2) is 10.9 Å². The molecule has 0 bridgehead atoms. The lowest BCUT2D eigenvalue weighted by Crippen LogP contribution is -2.34. The van der Waals surface area contributed by atoms with Crippen LogP contribution in [0.1, 0.15) is 54.6 Å². The molecule has 1 saturated carbocycles. The first-order valence-electron chi connectivity index (χ1n) is 11.4. The Kier molecular flexibility index (Phi) is 6.65. The van der Waals surface area contributed by atoms with Crippen LogP contribution in [0.3, 0.4) is 0 Å². The first-order chi connectivity index (χ1) is 15.0. The van der Waals surface area contributed by atoms with Gasteiger partial charge in [0.15, 0.2) is 0 Å². The highest BCUT2D eigenvalue weighted by Crippen LogP contribution is 2.33. The number of ether oxygens (including phenoxy) is 2. The maximum Gasteiger partial charge on any atom is 0.343 e. The molecular formula is C23H33N3O5. The maximum absolute atomic E-state index is 12.9. The van der Waals surface area contributed by atoms with E-state index in [4.69, 9.17) is 9.47 Å². The minimum absolute atomic E-state index is 0.139. The molecule has 1 atom stereocenters. The zero-order chi connectivity index (χ0) is 22.0. The van der Waals surface area contributed by atoms with Crippen LogP contribution in [0.4, 0.5) is 0 Å². The van der Waals surface area contributed by atoms with Crippen molar-refractivity contribution in [2.45, 2.75) is 57.5 Å². The van der Waals surface area contributed by atoms with Crippen molar-refractivity contribution in [1.82, 2.24) is 14.4 Å². The van der Waals surface area contributed by atoms with Gasteiger partial charge in [-0.15, -0.1) is 0 Å². The minimum atomic E-state index is -0.505. The Morgan fingerprint density at radius 1 is 1.13 bits per heavy atom. The average molecular weight is 432 g/mol. The minimum Gasteiger partial charge on any atom is -0.492 e. The summed E-state index contributed by atoms with van der Waals surface area (Å²) in [6.07, 6.45) is 6.44. The lowest BCUT2D eigenvalue weighted by atomic mass is 10.1. The Morgan fingerprint density at radius 3 is 2.61 bits per heavy atom. The summed E-state index contributed by atoms with van der Waals surface area (Å²) in [4.78, 5) is 42.3. The number of carbonyl (C=O) groups excluding carboxylic acids is 2. The number of hydrogen-bond donors (Lipinski definition) is 0. The van der Waals surface area contributed by atoms with Gasteiger partial charge in [0, 0.05) is 50.3 Å². The first-order valence-corrected chi connectivity index (χ1v) is 11.4. The standard InChI is InChI=1S/C23H33N3O5/c1-24-9-3-4-17(24)8-13-31-19-15-21(28)26-12-11-25(20(27)14-16-5-6-16)10-7-18(26)22(19)23(29)30-2/h15-17H,3-14H2,1-2H3. The van der Waals surface area contributed by atoms with E-state index in [1.54, 1.807) is 4.57 Å². The summed E-state index contributed by atoms with van der Waals surface area (Å²) in [6, 6.07) is 1.87. The number of likely N-dealkylation sites (tertiary alicyclic amines) is 1. The van der Waals surface area contributed by atoms with Gasteiger partial charge in [0.2, 0.25) is 5.91 Å². The maximum atomic E-state index is 12.9. The van der Waals surface area contributed by atoms with Crippen LogP contribution >= 0.6 is 0 Å². The van der Waals surface area contributed by atoms with Crippen LogP contribution in [0.25, 0.3) is 0 Å². The van der Waals surface area contributed by atoms with E-state index in [1.807, 2.05) is 4.90 Å². The molecule has 1 aromatic heterocycles. The molecule has 8 heteroatoms. The number of esters is 1. The van der Waals surface area contributed by atoms with E-state index in [0.717, 1.165) is 32.2 Å². The molecule has 31 heavy (non-hydrogen) atoms. The van der Waals surface area contributed by atoms with Gasteiger partial charge in [-0.1, -0.05) is 0 Å². The molecule has 170 valence electrons. The summed E-state index contributed by atoms with van der Waals surface area (Å²) in [5, 5.41) is 0. The van der Waals surface area contributed by atoms with E-state index >= 15 is 0 Å². The number of methoxy groups -OCH3 is 1. The van der Waals surface area contributed by atoms with E-state index < -0.39 is 5.97 Å². The normalized spacial score (nSPS) is 21.5. The van der Waals surface area contributed by atoms with Crippen molar-refractivity contribution in [1.29, 1.82) is 0 Å². The molecule has 1 aliphatic carbocycles. The fourth-order valence-electron chi connectivity index (χ4n) is 4.78. The van der Waals surface area contributed by atoms with Gasteiger partial charge >= 0.3 is 5.97 Å². The van der Waals surface area contributed by atoms with Crippen molar-refractivity contribution in [3.8, 4) is 5.75 Å². The van der Waals surface area contributed by atoms with Crippen LogP contribution in [-0.2, 0) is 22.5 Å². The zero-order valence-electron chi connectivity index (χ0n) is 18.6. The number of pyridine rings is 1. The third-order valence-corrected chi connectivity index (χ3v) is 6.88. The van der Waals surface area contributed by atoms with Crippen molar-refractivity contribution in [2.75, 3.05) is 40.4 Å². The van der Waals surface area contributed by atoms with Gasteiger partial charge in [-0.2, -0.15) is 0 Å². The second-order valence-corrected chi connectivity index (χ2v) is 9.00. The number of carbonyl (C=O) groups is 2. The predicted molar refractivity (Wildman–Crippen MR) is 115 cm³/mol. The molecule has 0 N–H and O–H groups in total. The van der Waals surface area contributed by atoms with E-state index in [-0.39, 0.29) is 11.5 Å². The summed E-state index contributed by atoms with van der Waals surface area (Å²) >= 11 is 0. The van der Waals surface area contributed by atoms with E-state index in [0.29, 0.717) is 68.0 Å². The summed E-state index contributed by atoms with van der Waals surface area (Å²) in [6.45, 7) is 2.88. The van der Waals surface area contributed by atoms with Crippen LogP contribution in [0.5, 0.6) is 5.75 Å². The number of aromatic nitrogens is 1. The Hall–Kier alpha value is -2.35. The number of hydrogen-bond acceptors (Lipinski definition) is 6. The third-order valence-electron chi connectivity index (χ3n) is 6.88. The van der Waals surface area contributed by atoms with Crippen LogP contribution < -0.4 is 10.3 Å². The van der Waals surface area contributed by atoms with E-state index in [9.17, 15) is 14.4 Å². The highest BCUT2D eigenvalue weighted by molar-refractivity contribution is 5.93. The highest BCUT2D eigenvalue weighted by atomic mass is 16.5. The Labute approximate surface area is 183 Å². The van der Waals surface area contributed by atoms with E-state index in [2.05, 4.69) is 11.9 Å². The first kappa shape index (κ1) is 21.9. The monoisotopic (exact) mass is 431 g/mol. The molecule has 0 aromatic carbocycles. The third kappa shape index (κ3) is 4.95. The lowest BCUT2D eigenvalue weighted by Gasteiger charge is -2.21. The van der Waals surface area contributed by atoms with Crippen molar-refractivity contribution in [3.05, 3.63) is 27.7 Å². The molecule has 3 heterocycles. The van der Waals surface area contributed by atoms with Crippen molar-refractivity contribution in [3.63, 3.8) is 0 Å². The summed E-state index contributed by atoms with van der Waals surface area (Å²) in [5.41, 5.74) is 0.722. The molecule has 2 aliphatic heterocycles. The van der Waals surface area contributed by atoms with Gasteiger partial charge in [0.05, 0.1) is 13.7 Å². The van der Waals surface area contributed by atoms with Gasteiger partial charge in [0.1, 0.15) is 11.3 Å². The van der Waals surface area contributed by atoms with Gasteiger partial charge < -0.3 is 23.8 Å². The molecule has 1 saturated heterocycles. The molecule has 0 spiro atoms. The second kappa shape index (κ2) is 9.42. The molecule has 3 aliphatic rings. The Morgan fingerprint density at radius 2 is 1.94 bits per heavy atom. The van der Waals surface area contributed by atoms with Crippen molar-refractivity contribution >= 4 is 11.9 Å². The smallest absolute Gasteiger partial charge is 0.343 e. The molecule has 1 unspecified atom stereocenters. The molecule has 0 radical (unpaired) electrons. The summed E-state index contributed by atoms with van der Waals surface area (Å²) in [5.74, 6) is 0.446. The largest absolute Gasteiger partial charge is 0.492 e. The average Bonchev–Trinajstić information content (AvgIpc) is 3.51. The summed E-state index contributed by atoms with van der Waals surface area (Å²) in [7, 11) is 3.45. The zero-order valence-corrected chi connectivity index (χ0v) is 18.6. The molecule has 1 aromatic rings. The molecule has 4 rings (SSSR count). The number of rotatable bonds is 7. The van der Waals surface area contributed by atoms with Crippen molar-refractivity contribution < 1.29 is 19.1 Å². The predicted octanol–water partition coefficient (Wildman–Crippen LogP) is 1.68. The number of fused-ring (bicyclic) bond motifs is 1. The Bertz CT molecular complexity index is 892. The van der Waals surface area contributed by atoms with Gasteiger partial charge in [-0.3, -0.25) is 9.59 Å². The highest BCUT2D eigenvalue weighted by Gasteiger charge is 2.30. The van der Waals surface area contributed by atoms with Gasteiger partial charge in [-0.05, 0) is 51.6 Å². The topological polar surface area (TPSA) is 81.1 Å². The molecule has 1 amide bonds. The van der Waals surface area contributed by atoms with E-state index in [1.165, 1.54) is 19.6 Å². The SMILES string of the molecule is COC(=O)c1c(OCCC2CCCN2C)cc(=O)n2c1CCN(C(=O)CC1CC1)CC2. The fourth-order valence-corrected chi connectivity index (χ4v) is 4.78. The second-order valence-electron chi connectivity index (χ2n) is 9.00. The van der Waals surface area contributed by atoms with Gasteiger partial charge in [-0.25, -0.2) is 4.79 Å². The van der Waals surface area contributed by atoms with Crippen LogP contribution in [0, 0.1) is 5.92 Å². The fraction of sp³-hybridized carbons (Fsp3) is 0.696. The quantitative estimate of drug-likeness (QED) is 0.611. The lowest BCUT2D eigenvalue weighted by molar-refractivity contribution is -0.131. The molecule has 8 nitrogen and oxygen atoms in total. The molecular weight excluding hydrogens is 398 g/mol.